The Kier molecular flexibility index (Phi) is 24.4. The lowest BCUT2D eigenvalue weighted by Crippen LogP contribution is -2.51. The number of rotatable bonds is 14. The number of amides is 1. The first-order valence-electron chi connectivity index (χ1n) is 29.2. The van der Waals surface area contributed by atoms with E-state index in [1.165, 1.54) is 28.2 Å². The van der Waals surface area contributed by atoms with Gasteiger partial charge in [-0.2, -0.15) is 0 Å². The van der Waals surface area contributed by atoms with Crippen LogP contribution in [-0.2, 0) is 42.4 Å². The van der Waals surface area contributed by atoms with Gasteiger partial charge >= 0.3 is 5.97 Å². The smallest absolute Gasteiger partial charge is 0.338 e. The first-order valence-corrected chi connectivity index (χ1v) is 29.2. The number of esters is 1. The van der Waals surface area contributed by atoms with Gasteiger partial charge in [0.2, 0.25) is 5.91 Å². The molecule has 0 aliphatic carbocycles. The average molecular weight is 1100 g/mol. The van der Waals surface area contributed by atoms with Crippen LogP contribution >= 0.6 is 0 Å². The molecule has 10 rings (SSSR count). The molecule has 1 atom stereocenters. The summed E-state index contributed by atoms with van der Waals surface area (Å²) in [5.74, 6) is 0.0578. The van der Waals surface area contributed by atoms with Gasteiger partial charge < -0.3 is 49.9 Å². The zero-order valence-electron chi connectivity index (χ0n) is 48.8. The number of aliphatic hydroxyl groups excluding tert-OH is 3. The molecular weight excluding hydrogens is 1010 g/mol. The van der Waals surface area contributed by atoms with Gasteiger partial charge in [0.1, 0.15) is 0 Å². The van der Waals surface area contributed by atoms with Crippen LogP contribution < -0.4 is 24.9 Å². The van der Waals surface area contributed by atoms with Crippen molar-refractivity contribution in [3.63, 3.8) is 0 Å². The SMILES string of the molecule is CCOC(=O)c1ccc(N2CCN(Cc3ccccc3)CC2)cc1.C[C@H](C(=O)N1CCN(c2ccc(CO)cc2)CC1)C(C)(C)C.OCc1ccc(N2CCN(Cc3ccccc3)CC2)cc1.OCc1ccc(N2CCNCC2)cc1. The third-order valence-electron chi connectivity index (χ3n) is 15.8. The van der Waals surface area contributed by atoms with Crippen molar-refractivity contribution in [3.8, 4) is 0 Å². The molecule has 14 nitrogen and oxygen atoms in total. The molecule has 0 bridgehead atoms. The highest BCUT2D eigenvalue weighted by Gasteiger charge is 2.32. The van der Waals surface area contributed by atoms with Crippen LogP contribution in [0.4, 0.5) is 22.7 Å². The molecule has 4 N–H and O–H groups in total. The van der Waals surface area contributed by atoms with Crippen LogP contribution in [0.15, 0.2) is 158 Å². The number of hydrogen-bond acceptors (Lipinski definition) is 13. The molecule has 81 heavy (non-hydrogen) atoms. The van der Waals surface area contributed by atoms with Gasteiger partial charge in [-0.05, 0) is 101 Å². The third-order valence-corrected chi connectivity index (χ3v) is 15.8. The standard InChI is InChI=1S/C20H24N2O2.C18H28N2O2.C18H22N2O.C11H16N2O/c1-2-24-20(23)18-8-10-19(11-9-18)22-14-12-21(13-15-22)16-17-6-4-3-5-7-17;1-14(18(2,3)4)17(22)20-11-9-19(10-12-20)16-7-5-15(13-21)6-8-16;21-15-17-6-8-18(9-7-17)20-12-10-19(11-13-20)14-16-4-2-1-3-5-16;14-9-10-1-3-11(4-2-10)13-7-5-12-6-8-13/h3-11H,2,12-16H2,1H3;5-8,14,21H,9-13H2,1-4H3;1-9,21H,10-15H2;1-4,12,14H,5-9H2/t;14-;;/m.1../s1. The Bertz CT molecular complexity index is 2710. The Morgan fingerprint density at radius 2 is 0.790 bits per heavy atom. The molecule has 14 heteroatoms. The average Bonchev–Trinajstić information content (AvgIpc) is 3.53. The molecule has 4 aliphatic rings. The van der Waals surface area contributed by atoms with E-state index in [1.807, 2.05) is 91.5 Å². The van der Waals surface area contributed by atoms with E-state index in [0.717, 1.165) is 140 Å². The predicted octanol–water partition coefficient (Wildman–Crippen LogP) is 8.78. The van der Waals surface area contributed by atoms with Crippen molar-refractivity contribution in [2.45, 2.75) is 67.5 Å². The largest absolute Gasteiger partial charge is 0.462 e. The lowest BCUT2D eigenvalue weighted by molar-refractivity contribution is -0.138. The second kappa shape index (κ2) is 32.0. The zero-order valence-corrected chi connectivity index (χ0v) is 48.8. The molecule has 1 amide bonds. The Hall–Kier alpha value is -6.78. The van der Waals surface area contributed by atoms with Crippen molar-refractivity contribution in [1.82, 2.24) is 20.0 Å². The first kappa shape index (κ1) is 61.8. The Balaban J connectivity index is 0.000000158. The van der Waals surface area contributed by atoms with Crippen LogP contribution in [0.5, 0.6) is 0 Å². The van der Waals surface area contributed by atoms with Crippen molar-refractivity contribution in [2.24, 2.45) is 11.3 Å². The minimum absolute atomic E-state index is 0.00828. The van der Waals surface area contributed by atoms with E-state index in [4.69, 9.17) is 20.1 Å². The Labute approximate surface area is 483 Å². The number of piperazine rings is 4. The molecule has 0 aromatic heterocycles. The lowest BCUT2D eigenvalue weighted by atomic mass is 9.81. The van der Waals surface area contributed by atoms with Crippen molar-refractivity contribution in [3.05, 3.63) is 191 Å². The zero-order chi connectivity index (χ0) is 57.4. The molecule has 4 fully saturated rings. The van der Waals surface area contributed by atoms with Crippen molar-refractivity contribution in [1.29, 1.82) is 0 Å². The number of benzene rings is 6. The van der Waals surface area contributed by atoms with Gasteiger partial charge in [-0.1, -0.05) is 125 Å². The highest BCUT2D eigenvalue weighted by Crippen LogP contribution is 2.28. The van der Waals surface area contributed by atoms with Crippen LogP contribution in [0, 0.1) is 11.3 Å². The van der Waals surface area contributed by atoms with E-state index in [0.29, 0.717) is 12.2 Å². The summed E-state index contributed by atoms with van der Waals surface area (Å²) in [6.07, 6.45) is 0. The monoisotopic (exact) mass is 1100 g/mol. The van der Waals surface area contributed by atoms with Crippen molar-refractivity contribution < 1.29 is 29.6 Å². The van der Waals surface area contributed by atoms with Crippen LogP contribution in [0.3, 0.4) is 0 Å². The normalized spacial score (nSPS) is 16.4. The maximum absolute atomic E-state index is 12.6. The van der Waals surface area contributed by atoms with E-state index in [2.05, 4.69) is 140 Å². The fourth-order valence-electron chi connectivity index (χ4n) is 10.2. The van der Waals surface area contributed by atoms with Gasteiger partial charge in [0.15, 0.2) is 0 Å². The van der Waals surface area contributed by atoms with Crippen LogP contribution in [-0.4, -0.2) is 153 Å². The highest BCUT2D eigenvalue weighted by molar-refractivity contribution is 5.89. The van der Waals surface area contributed by atoms with Crippen molar-refractivity contribution in [2.75, 3.05) is 131 Å². The van der Waals surface area contributed by atoms with E-state index in [1.54, 1.807) is 0 Å². The molecule has 4 aliphatic heterocycles. The molecule has 0 saturated carbocycles. The number of nitrogens with one attached hydrogen (secondary N) is 1. The summed E-state index contributed by atoms with van der Waals surface area (Å²) in [6, 6.07) is 53.3. The second-order valence-electron chi connectivity index (χ2n) is 22.4. The quantitative estimate of drug-likeness (QED) is 0.0775. The molecule has 0 radical (unpaired) electrons. The first-order chi connectivity index (χ1) is 39.3. The van der Waals surface area contributed by atoms with E-state index in [-0.39, 0.29) is 43.0 Å². The summed E-state index contributed by atoms with van der Waals surface area (Å²) < 4.78 is 5.02. The number of aliphatic hydroxyl groups is 3. The fourth-order valence-corrected chi connectivity index (χ4v) is 10.2. The lowest BCUT2D eigenvalue weighted by Gasteiger charge is -2.39. The summed E-state index contributed by atoms with van der Waals surface area (Å²) in [6.45, 7) is 28.9. The number of carbonyl (C=O) groups is 2. The number of anilines is 4. The van der Waals surface area contributed by atoms with Gasteiger partial charge in [-0.3, -0.25) is 14.6 Å². The number of hydrogen-bond donors (Lipinski definition) is 4. The Morgan fingerprint density at radius 3 is 1.12 bits per heavy atom. The topological polar surface area (TPSA) is 139 Å². The highest BCUT2D eigenvalue weighted by atomic mass is 16.5. The fraction of sp³-hybridized carbons (Fsp3) is 0.433. The van der Waals surface area contributed by atoms with Crippen LogP contribution in [0.2, 0.25) is 0 Å². The predicted molar refractivity (Wildman–Crippen MR) is 330 cm³/mol. The maximum atomic E-state index is 12.6. The van der Waals surface area contributed by atoms with Gasteiger partial charge in [0.05, 0.1) is 32.0 Å². The summed E-state index contributed by atoms with van der Waals surface area (Å²) in [5.41, 5.74) is 11.1. The van der Waals surface area contributed by atoms with Crippen LogP contribution in [0.25, 0.3) is 0 Å². The van der Waals surface area contributed by atoms with Gasteiger partial charge in [0.25, 0.3) is 0 Å². The Morgan fingerprint density at radius 1 is 0.457 bits per heavy atom. The molecule has 0 spiro atoms. The summed E-state index contributed by atoms with van der Waals surface area (Å²) in [5, 5.41) is 30.4. The molecule has 0 unspecified atom stereocenters. The minimum atomic E-state index is -0.253. The van der Waals surface area contributed by atoms with Gasteiger partial charge in [-0.25, -0.2) is 4.79 Å². The second-order valence-corrected chi connectivity index (χ2v) is 22.4. The molecule has 4 heterocycles. The van der Waals surface area contributed by atoms with Crippen molar-refractivity contribution >= 4 is 34.6 Å². The number of nitrogens with zero attached hydrogens (tertiary/aromatic N) is 7. The molecule has 4 saturated heterocycles. The van der Waals surface area contributed by atoms with Gasteiger partial charge in [-0.15, -0.1) is 0 Å². The molecular formula is C67H90N8O6. The number of ether oxygens (including phenoxy) is 1. The summed E-state index contributed by atoms with van der Waals surface area (Å²) >= 11 is 0. The molecule has 6 aromatic rings. The van der Waals surface area contributed by atoms with E-state index < -0.39 is 0 Å². The minimum Gasteiger partial charge on any atom is -0.462 e. The number of carbonyl (C=O) groups excluding carboxylic acids is 2. The van der Waals surface area contributed by atoms with Crippen LogP contribution in [0.1, 0.15) is 72.8 Å². The van der Waals surface area contributed by atoms with Gasteiger partial charge in [0, 0.05) is 146 Å². The van der Waals surface area contributed by atoms with E-state index in [9.17, 15) is 9.59 Å². The summed E-state index contributed by atoms with van der Waals surface area (Å²) in [4.78, 5) is 40.7. The van der Waals surface area contributed by atoms with E-state index >= 15 is 0 Å². The molecule has 434 valence electrons. The maximum Gasteiger partial charge on any atom is 0.338 e. The molecule has 6 aromatic carbocycles. The summed E-state index contributed by atoms with van der Waals surface area (Å²) in [7, 11) is 0. The third kappa shape index (κ3) is 19.4.